The first-order valence-corrected chi connectivity index (χ1v) is 26.9. The van der Waals surface area contributed by atoms with Crippen molar-refractivity contribution in [2.75, 3.05) is 96.5 Å². The fourth-order valence-electron chi connectivity index (χ4n) is 9.44. The van der Waals surface area contributed by atoms with E-state index in [0.717, 1.165) is 99.5 Å². The van der Waals surface area contributed by atoms with Crippen LogP contribution in [-0.4, -0.2) is 122 Å². The van der Waals surface area contributed by atoms with Crippen molar-refractivity contribution in [3.63, 3.8) is 0 Å². The Hall–Kier alpha value is -7.04. The summed E-state index contributed by atoms with van der Waals surface area (Å²) in [5, 5.41) is 24.9. The van der Waals surface area contributed by atoms with Crippen molar-refractivity contribution in [3.8, 4) is 17.8 Å². The summed E-state index contributed by atoms with van der Waals surface area (Å²) >= 11 is 2.68. The van der Waals surface area contributed by atoms with Gasteiger partial charge in [0.25, 0.3) is 11.5 Å². The van der Waals surface area contributed by atoms with Crippen LogP contribution in [0.4, 0.5) is 32.0 Å². The molecule has 0 atom stereocenters. The molecule has 12 nitrogen and oxygen atoms in total. The number of halogens is 6. The molecule has 8 rings (SSSR count). The van der Waals surface area contributed by atoms with E-state index in [2.05, 4.69) is 55.5 Å². The van der Waals surface area contributed by atoms with Crippen LogP contribution in [0.25, 0.3) is 11.4 Å². The monoisotopic (exact) mass is 1100 g/mol. The van der Waals surface area contributed by atoms with Crippen LogP contribution in [0.15, 0.2) is 164 Å². The number of thioether (sulfide) groups is 1. The van der Waals surface area contributed by atoms with Crippen LogP contribution >= 0.6 is 23.5 Å². The molecule has 406 valence electrons. The molecule has 1 amide bonds. The maximum Gasteiger partial charge on any atom is 0.416 e. The molecule has 3 aliphatic heterocycles. The number of hydrogen-bond acceptors (Lipinski definition) is 12. The summed E-state index contributed by atoms with van der Waals surface area (Å²) in [4.78, 5) is 41.9. The first-order valence-electron chi connectivity index (χ1n) is 25.3. The van der Waals surface area contributed by atoms with Gasteiger partial charge in [0.15, 0.2) is 0 Å². The SMILES string of the molecule is C=C(NCCN1CCN(CCN2CCN(CCNC(=O)C3=CC(Sc4ccc(C#N)cc4)=C(C)N(c4cccc(C(F)(F)F)c4)C3=C)CC2)CC1)c1cc(Sc2ccc(C#N)cc2)c(C)n(-c2cccc(C(F)(F)F)c2)c1=O. The van der Waals surface area contributed by atoms with E-state index >= 15 is 0 Å². The van der Waals surface area contributed by atoms with Gasteiger partial charge in [-0.2, -0.15) is 36.9 Å². The Bertz CT molecular complexity index is 3240. The minimum absolute atomic E-state index is 0.0856. The molecule has 0 spiro atoms. The van der Waals surface area contributed by atoms with Gasteiger partial charge < -0.3 is 15.5 Å². The number of benzene rings is 4. The van der Waals surface area contributed by atoms with Crippen LogP contribution in [0, 0.1) is 29.6 Å². The number of rotatable bonds is 18. The first kappa shape index (κ1) is 57.1. The maximum atomic E-state index is 14.1. The quantitative estimate of drug-likeness (QED) is 0.0812. The van der Waals surface area contributed by atoms with E-state index in [1.54, 1.807) is 85.5 Å². The van der Waals surface area contributed by atoms with Crippen LogP contribution in [0.1, 0.15) is 40.4 Å². The number of hydrogen-bond donors (Lipinski definition) is 2. The molecule has 2 fully saturated rings. The van der Waals surface area contributed by atoms with Gasteiger partial charge in [-0.05, 0) is 111 Å². The minimum atomic E-state index is -4.60. The Morgan fingerprint density at radius 3 is 1.60 bits per heavy atom. The Morgan fingerprint density at radius 1 is 0.641 bits per heavy atom. The summed E-state index contributed by atoms with van der Waals surface area (Å²) in [5.41, 5.74) is 1.25. The Balaban J connectivity index is 0.789. The lowest BCUT2D eigenvalue weighted by Gasteiger charge is -2.38. The topological polar surface area (TPSA) is 127 Å². The van der Waals surface area contributed by atoms with Crippen LogP contribution in [0.2, 0.25) is 0 Å². The molecule has 3 aliphatic rings. The van der Waals surface area contributed by atoms with Gasteiger partial charge in [0.2, 0.25) is 0 Å². The molecule has 78 heavy (non-hydrogen) atoms. The molecule has 5 aromatic rings. The smallest absolute Gasteiger partial charge is 0.384 e. The molecule has 4 aromatic carbocycles. The average Bonchev–Trinajstić information content (AvgIpc) is 3.52. The van der Waals surface area contributed by atoms with E-state index in [4.69, 9.17) is 0 Å². The number of carbonyl (C=O) groups is 1. The molecule has 0 saturated carbocycles. The number of amides is 1. The molecule has 0 unspecified atom stereocenters. The number of nitriles is 2. The first-order chi connectivity index (χ1) is 37.3. The van der Waals surface area contributed by atoms with E-state index in [0.29, 0.717) is 64.2 Å². The average molecular weight is 1110 g/mol. The number of alkyl halides is 6. The van der Waals surface area contributed by atoms with Crippen molar-refractivity contribution >= 4 is 40.8 Å². The molecular weight excluding hydrogens is 1050 g/mol. The Kier molecular flexibility index (Phi) is 18.4. The molecule has 0 bridgehead atoms. The molecule has 4 heterocycles. The van der Waals surface area contributed by atoms with Crippen molar-refractivity contribution in [2.45, 2.75) is 40.9 Å². The lowest BCUT2D eigenvalue weighted by molar-refractivity contribution is -0.138. The molecule has 2 N–H and O–H groups in total. The maximum absolute atomic E-state index is 14.1. The van der Waals surface area contributed by atoms with E-state index in [-0.39, 0.29) is 34.1 Å². The predicted molar refractivity (Wildman–Crippen MR) is 294 cm³/mol. The molecule has 1 aromatic heterocycles. The van der Waals surface area contributed by atoms with Crippen molar-refractivity contribution in [3.05, 3.63) is 188 Å². The summed E-state index contributed by atoms with van der Waals surface area (Å²) in [5.74, 6) is -0.387. The number of carbonyl (C=O) groups excluding carboxylic acids is 1. The van der Waals surface area contributed by atoms with Gasteiger partial charge in [-0.1, -0.05) is 48.8 Å². The molecule has 2 saturated heterocycles. The highest BCUT2D eigenvalue weighted by Crippen LogP contribution is 2.42. The van der Waals surface area contributed by atoms with Gasteiger partial charge in [0.05, 0.1) is 51.2 Å². The zero-order chi connectivity index (χ0) is 55.7. The number of allylic oxidation sites excluding steroid dienone is 2. The van der Waals surface area contributed by atoms with E-state index in [9.17, 15) is 46.5 Å². The van der Waals surface area contributed by atoms with E-state index < -0.39 is 29.0 Å². The highest BCUT2D eigenvalue weighted by Gasteiger charge is 2.34. The number of piperazine rings is 2. The fraction of sp³-hybridized carbons (Fsp3) is 0.310. The summed E-state index contributed by atoms with van der Waals surface area (Å²) < 4.78 is 84.1. The third-order valence-electron chi connectivity index (χ3n) is 13.9. The van der Waals surface area contributed by atoms with Crippen molar-refractivity contribution in [1.29, 1.82) is 10.5 Å². The fourth-order valence-corrected chi connectivity index (χ4v) is 11.3. The zero-order valence-corrected chi connectivity index (χ0v) is 44.8. The number of nitrogens with one attached hydrogen (secondary N) is 2. The third kappa shape index (κ3) is 14.2. The molecular formula is C58H58F6N10O2S2. The summed E-state index contributed by atoms with van der Waals surface area (Å²) in [6.07, 6.45) is -7.45. The highest BCUT2D eigenvalue weighted by atomic mass is 32.2. The molecule has 0 aliphatic carbocycles. The standard InChI is InChI=1S/C58H58F6N10O2S2/c1-39(51-35-53(77-49-15-11-43(37-65)12-16-49)42(4)74(56(51)76)48-10-6-8-46(34-48)58(62,63)64)67-19-21-69-23-27-71(28-24-69)31-32-72-29-25-70(26-30-72)22-20-68-55(75)52-36-54(78-50-17-13-44(38-66)14-18-50)41(3)73(40(52)2)47-9-5-7-45(33-47)57(59,60)61/h5-18,33-36,67H,1-2,19-32H2,3-4H3,(H,68,75). The van der Waals surface area contributed by atoms with Gasteiger partial charge in [-0.15, -0.1) is 0 Å². The summed E-state index contributed by atoms with van der Waals surface area (Å²) in [7, 11) is 0. The lowest BCUT2D eigenvalue weighted by Crippen LogP contribution is -2.52. The largest absolute Gasteiger partial charge is 0.416 e. The van der Waals surface area contributed by atoms with Gasteiger partial charge in [0, 0.05) is 140 Å². The minimum Gasteiger partial charge on any atom is -0.384 e. The number of aromatic nitrogens is 1. The third-order valence-corrected chi connectivity index (χ3v) is 16.2. The van der Waals surface area contributed by atoms with Crippen molar-refractivity contribution in [1.82, 2.24) is 34.8 Å². The zero-order valence-electron chi connectivity index (χ0n) is 43.2. The number of nitrogens with zero attached hydrogens (tertiary/aromatic N) is 8. The Labute approximate surface area is 458 Å². The van der Waals surface area contributed by atoms with Crippen LogP contribution in [-0.2, 0) is 17.1 Å². The van der Waals surface area contributed by atoms with Crippen LogP contribution in [0.3, 0.4) is 0 Å². The van der Waals surface area contributed by atoms with E-state index in [1.165, 1.54) is 46.3 Å². The summed E-state index contributed by atoms with van der Waals surface area (Å²) in [6.45, 7) is 22.7. The highest BCUT2D eigenvalue weighted by molar-refractivity contribution is 8.03. The van der Waals surface area contributed by atoms with Gasteiger partial charge in [-0.3, -0.25) is 33.8 Å². The normalized spacial score (nSPS) is 16.2. The number of anilines is 1. The lowest BCUT2D eigenvalue weighted by atomic mass is 10.0. The van der Waals surface area contributed by atoms with Gasteiger partial charge >= 0.3 is 12.4 Å². The Morgan fingerprint density at radius 2 is 1.10 bits per heavy atom. The second-order valence-electron chi connectivity index (χ2n) is 19.0. The molecule has 20 heteroatoms. The van der Waals surface area contributed by atoms with Crippen molar-refractivity contribution in [2.24, 2.45) is 0 Å². The predicted octanol–water partition coefficient (Wildman–Crippen LogP) is 9.97. The van der Waals surface area contributed by atoms with Gasteiger partial charge in [-0.25, -0.2) is 0 Å². The number of pyridine rings is 1. The second kappa shape index (κ2) is 25.2. The van der Waals surface area contributed by atoms with Crippen LogP contribution < -0.4 is 21.1 Å². The summed E-state index contributed by atoms with van der Waals surface area (Å²) in [6, 6.07) is 29.4. The van der Waals surface area contributed by atoms with E-state index in [1.807, 2.05) is 0 Å². The molecule has 0 radical (unpaired) electrons. The second-order valence-corrected chi connectivity index (χ2v) is 21.3. The van der Waals surface area contributed by atoms with Crippen LogP contribution in [0.5, 0.6) is 0 Å². The van der Waals surface area contributed by atoms with Crippen molar-refractivity contribution < 1.29 is 31.1 Å². The van der Waals surface area contributed by atoms with Gasteiger partial charge in [0.1, 0.15) is 0 Å².